The lowest BCUT2D eigenvalue weighted by Gasteiger charge is -2.21. The van der Waals surface area contributed by atoms with E-state index in [1.165, 1.54) is 0 Å². The van der Waals surface area contributed by atoms with Crippen molar-refractivity contribution in [2.24, 2.45) is 0 Å². The Kier molecular flexibility index (Phi) is 4.35. The number of amides is 1. The van der Waals surface area contributed by atoms with Crippen molar-refractivity contribution >= 4 is 23.6 Å². The van der Waals surface area contributed by atoms with Gasteiger partial charge in [-0.05, 0) is 37.0 Å². The van der Waals surface area contributed by atoms with Gasteiger partial charge >= 0.3 is 0 Å². The maximum absolute atomic E-state index is 12.0. The zero-order valence-electron chi connectivity index (χ0n) is 12.2. The van der Waals surface area contributed by atoms with E-state index in [1.54, 1.807) is 0 Å². The molecule has 3 atom stereocenters. The van der Waals surface area contributed by atoms with Crippen LogP contribution in [-0.4, -0.2) is 28.9 Å². The molecular weight excluding hydrogens is 298 g/mol. The molecule has 0 spiro atoms. The summed E-state index contributed by atoms with van der Waals surface area (Å²) in [6, 6.07) is 8.14. The van der Waals surface area contributed by atoms with Crippen LogP contribution in [0.4, 0.5) is 0 Å². The first-order valence-corrected chi connectivity index (χ1v) is 7.94. The molecule has 0 aromatic heterocycles. The summed E-state index contributed by atoms with van der Waals surface area (Å²) in [5, 5.41) is 12.9. The molecule has 3 rings (SSSR count). The third-order valence-electron chi connectivity index (χ3n) is 4.46. The fraction of sp³-hybridized carbons (Fsp3) is 0.412. The SMILES string of the molecule is N#CN1[C@H]2CC[C@@H]1[C@H](NC(=O)C/C=C/c1cccc(Cl)c1)C2. The van der Waals surface area contributed by atoms with Gasteiger partial charge in [0.15, 0.2) is 6.19 Å². The molecule has 2 bridgehead atoms. The summed E-state index contributed by atoms with van der Waals surface area (Å²) in [5.41, 5.74) is 0.982. The standard InChI is InChI=1S/C17H18ClN3O/c18-13-5-1-3-12(9-13)4-2-6-17(22)20-15-10-14-7-8-16(15)21(14)11-19/h1-5,9,14-16H,6-8,10H2,(H,20,22)/b4-2+/t14-,15+,16+/m0/s1. The molecule has 4 nitrogen and oxygen atoms in total. The maximum atomic E-state index is 12.0. The molecule has 5 heteroatoms. The van der Waals surface area contributed by atoms with Gasteiger partial charge in [0.1, 0.15) is 0 Å². The fourth-order valence-corrected chi connectivity index (χ4v) is 3.68. The van der Waals surface area contributed by atoms with Crippen LogP contribution in [0.15, 0.2) is 30.3 Å². The second-order valence-electron chi connectivity index (χ2n) is 5.88. The first kappa shape index (κ1) is 14.9. The number of carbonyl (C=O) groups excluding carboxylic acids is 1. The largest absolute Gasteiger partial charge is 0.351 e. The molecule has 0 saturated carbocycles. The third-order valence-corrected chi connectivity index (χ3v) is 4.70. The number of benzene rings is 1. The lowest BCUT2D eigenvalue weighted by molar-refractivity contribution is -0.121. The van der Waals surface area contributed by atoms with Crippen molar-refractivity contribution in [2.75, 3.05) is 0 Å². The van der Waals surface area contributed by atoms with Crippen molar-refractivity contribution in [3.8, 4) is 6.19 Å². The molecule has 1 amide bonds. The number of halogens is 1. The molecule has 2 saturated heterocycles. The molecule has 2 aliphatic heterocycles. The smallest absolute Gasteiger partial charge is 0.224 e. The van der Waals surface area contributed by atoms with Crippen LogP contribution in [0.25, 0.3) is 6.08 Å². The number of carbonyl (C=O) groups is 1. The van der Waals surface area contributed by atoms with Crippen LogP contribution in [0.5, 0.6) is 0 Å². The van der Waals surface area contributed by atoms with Crippen LogP contribution in [0.1, 0.15) is 31.2 Å². The van der Waals surface area contributed by atoms with Crippen molar-refractivity contribution in [1.82, 2.24) is 10.2 Å². The van der Waals surface area contributed by atoms with E-state index in [-0.39, 0.29) is 18.0 Å². The van der Waals surface area contributed by atoms with Crippen molar-refractivity contribution in [3.63, 3.8) is 0 Å². The lowest BCUT2D eigenvalue weighted by atomic mass is 9.95. The van der Waals surface area contributed by atoms with Gasteiger partial charge in [0.2, 0.25) is 5.91 Å². The molecule has 114 valence electrons. The number of hydrogen-bond donors (Lipinski definition) is 1. The average molecular weight is 316 g/mol. The van der Waals surface area contributed by atoms with E-state index in [9.17, 15) is 4.79 Å². The quantitative estimate of drug-likeness (QED) is 0.869. The van der Waals surface area contributed by atoms with Crippen molar-refractivity contribution in [2.45, 2.75) is 43.8 Å². The van der Waals surface area contributed by atoms with Gasteiger partial charge in [-0.3, -0.25) is 4.79 Å². The zero-order valence-corrected chi connectivity index (χ0v) is 13.0. The summed E-state index contributed by atoms with van der Waals surface area (Å²) in [6.45, 7) is 0. The molecule has 22 heavy (non-hydrogen) atoms. The zero-order chi connectivity index (χ0) is 15.5. The second kappa shape index (κ2) is 6.41. The van der Waals surface area contributed by atoms with Gasteiger partial charge in [-0.1, -0.05) is 35.9 Å². The first-order chi connectivity index (χ1) is 10.7. The highest BCUT2D eigenvalue weighted by Crippen LogP contribution is 2.36. The van der Waals surface area contributed by atoms with E-state index >= 15 is 0 Å². The highest BCUT2D eigenvalue weighted by molar-refractivity contribution is 6.30. The topological polar surface area (TPSA) is 56.1 Å². The van der Waals surface area contributed by atoms with Crippen LogP contribution in [0, 0.1) is 11.5 Å². The normalized spacial score (nSPS) is 26.4. The van der Waals surface area contributed by atoms with Gasteiger partial charge in [0.05, 0.1) is 12.1 Å². The van der Waals surface area contributed by atoms with Crippen molar-refractivity contribution in [3.05, 3.63) is 40.9 Å². The Bertz CT molecular complexity index is 637. The van der Waals surface area contributed by atoms with Crippen LogP contribution >= 0.6 is 11.6 Å². The predicted molar refractivity (Wildman–Crippen MR) is 85.9 cm³/mol. The van der Waals surface area contributed by atoms with Gasteiger partial charge in [-0.25, -0.2) is 0 Å². The molecule has 0 unspecified atom stereocenters. The molecule has 2 aliphatic rings. The minimum atomic E-state index is 0.00807. The van der Waals surface area contributed by atoms with Gasteiger partial charge < -0.3 is 10.2 Å². The molecule has 1 aromatic carbocycles. The van der Waals surface area contributed by atoms with Crippen LogP contribution < -0.4 is 5.32 Å². The summed E-state index contributed by atoms with van der Waals surface area (Å²) < 4.78 is 0. The van der Waals surface area contributed by atoms with E-state index in [2.05, 4.69) is 11.5 Å². The van der Waals surface area contributed by atoms with Crippen molar-refractivity contribution < 1.29 is 4.79 Å². The molecule has 0 radical (unpaired) electrons. The number of nitrogens with one attached hydrogen (secondary N) is 1. The lowest BCUT2D eigenvalue weighted by Crippen LogP contribution is -2.42. The van der Waals surface area contributed by atoms with E-state index in [4.69, 9.17) is 16.9 Å². The Morgan fingerprint density at radius 3 is 3.09 bits per heavy atom. The molecule has 0 aliphatic carbocycles. The van der Waals surface area contributed by atoms with Crippen LogP contribution in [0.3, 0.4) is 0 Å². The van der Waals surface area contributed by atoms with Gasteiger partial charge in [-0.2, -0.15) is 5.26 Å². The van der Waals surface area contributed by atoms with E-state index < -0.39 is 0 Å². The van der Waals surface area contributed by atoms with E-state index in [0.717, 1.165) is 24.8 Å². The van der Waals surface area contributed by atoms with Gasteiger partial charge in [0, 0.05) is 17.5 Å². The van der Waals surface area contributed by atoms with Crippen LogP contribution in [0.2, 0.25) is 5.02 Å². The summed E-state index contributed by atoms with van der Waals surface area (Å²) >= 11 is 5.92. The Balaban J connectivity index is 1.51. The van der Waals surface area contributed by atoms with Crippen LogP contribution in [-0.2, 0) is 4.79 Å². The Hall–Kier alpha value is -1.99. The highest BCUT2D eigenvalue weighted by Gasteiger charge is 2.46. The molecule has 2 fully saturated rings. The number of nitriles is 1. The number of nitrogens with zero attached hydrogens (tertiary/aromatic N) is 2. The summed E-state index contributed by atoms with van der Waals surface area (Å²) in [5.74, 6) is 0.00807. The predicted octanol–water partition coefficient (Wildman–Crippen LogP) is 2.95. The fourth-order valence-electron chi connectivity index (χ4n) is 3.48. The van der Waals surface area contributed by atoms with E-state index in [0.29, 0.717) is 17.5 Å². The average Bonchev–Trinajstić information content (AvgIpc) is 3.03. The molecule has 1 aromatic rings. The second-order valence-corrected chi connectivity index (χ2v) is 6.31. The van der Waals surface area contributed by atoms with Gasteiger partial charge in [-0.15, -0.1) is 0 Å². The first-order valence-electron chi connectivity index (χ1n) is 7.57. The number of rotatable bonds is 4. The minimum absolute atomic E-state index is 0.00807. The molecule has 2 heterocycles. The number of fused-ring (bicyclic) bond motifs is 2. The number of hydrogen-bond acceptors (Lipinski definition) is 3. The van der Waals surface area contributed by atoms with E-state index in [1.807, 2.05) is 41.3 Å². The third kappa shape index (κ3) is 3.10. The summed E-state index contributed by atoms with van der Waals surface area (Å²) in [7, 11) is 0. The molecular formula is C17H18ClN3O. The monoisotopic (exact) mass is 315 g/mol. The molecule has 1 N–H and O–H groups in total. The Morgan fingerprint density at radius 2 is 2.36 bits per heavy atom. The summed E-state index contributed by atoms with van der Waals surface area (Å²) in [6.07, 6.45) is 9.30. The van der Waals surface area contributed by atoms with Gasteiger partial charge in [0.25, 0.3) is 0 Å². The minimum Gasteiger partial charge on any atom is -0.351 e. The maximum Gasteiger partial charge on any atom is 0.224 e. The Morgan fingerprint density at radius 1 is 1.50 bits per heavy atom. The highest BCUT2D eigenvalue weighted by atomic mass is 35.5. The summed E-state index contributed by atoms with van der Waals surface area (Å²) in [4.78, 5) is 13.9. The Labute approximate surface area is 135 Å². The van der Waals surface area contributed by atoms with Crippen molar-refractivity contribution in [1.29, 1.82) is 5.26 Å².